The van der Waals surface area contributed by atoms with E-state index in [2.05, 4.69) is 31.9 Å². The van der Waals surface area contributed by atoms with E-state index in [0.29, 0.717) is 21.6 Å². The molecule has 3 aromatic carbocycles. The number of nitrogens with zero attached hydrogens (tertiary/aromatic N) is 1. The number of rotatable bonds is 5. The summed E-state index contributed by atoms with van der Waals surface area (Å²) >= 11 is 13.9. The summed E-state index contributed by atoms with van der Waals surface area (Å²) in [5, 5.41) is 0. The van der Waals surface area contributed by atoms with Gasteiger partial charge in [-0.05, 0) is 98.8 Å². The highest BCUT2D eigenvalue weighted by Gasteiger charge is 2.34. The smallest absolute Gasteiger partial charge is 0.270 e. The number of carbonyl (C=O) groups excluding carboxylic acids is 1. The minimum atomic E-state index is -0.284. The molecule has 1 aliphatic rings. The number of aryl methyl sites for hydroxylation is 2. The Labute approximate surface area is 218 Å². The second kappa shape index (κ2) is 10.1. The zero-order valence-electron chi connectivity index (χ0n) is 17.7. The van der Waals surface area contributed by atoms with Crippen LogP contribution in [0.5, 0.6) is 5.75 Å². The maximum Gasteiger partial charge on any atom is 0.270 e. The number of anilines is 1. The van der Waals surface area contributed by atoms with E-state index in [0.717, 1.165) is 36.9 Å². The number of amides is 1. The van der Waals surface area contributed by atoms with Gasteiger partial charge >= 0.3 is 0 Å². The SMILES string of the molecule is Cc1ccc(N2C(=O)/C(=C/c3cc(Br)c(OCc4ccc(F)cc4)c(Br)c3)SC2=S)c(C)c1. The molecule has 0 saturated carbocycles. The Balaban J connectivity index is 1.55. The average Bonchev–Trinajstić information content (AvgIpc) is 3.02. The number of hydrogen-bond donors (Lipinski definition) is 0. The number of hydrogen-bond acceptors (Lipinski definition) is 4. The zero-order valence-corrected chi connectivity index (χ0v) is 22.5. The van der Waals surface area contributed by atoms with Crippen LogP contribution in [0.2, 0.25) is 0 Å². The molecule has 8 heteroatoms. The number of carbonyl (C=O) groups is 1. The first-order chi connectivity index (χ1) is 15.7. The fraction of sp³-hybridized carbons (Fsp3) is 0.120. The van der Waals surface area contributed by atoms with Crippen molar-refractivity contribution in [2.75, 3.05) is 4.90 Å². The molecule has 1 amide bonds. The van der Waals surface area contributed by atoms with E-state index in [4.69, 9.17) is 17.0 Å². The largest absolute Gasteiger partial charge is 0.487 e. The normalized spacial score (nSPS) is 14.9. The summed E-state index contributed by atoms with van der Waals surface area (Å²) < 4.78 is 21.0. The molecule has 4 rings (SSSR count). The zero-order chi connectivity index (χ0) is 23.7. The Bertz CT molecular complexity index is 1270. The van der Waals surface area contributed by atoms with Crippen LogP contribution in [-0.2, 0) is 11.4 Å². The van der Waals surface area contributed by atoms with Crippen molar-refractivity contribution in [3.05, 3.63) is 96.5 Å². The van der Waals surface area contributed by atoms with Crippen molar-refractivity contribution in [2.45, 2.75) is 20.5 Å². The third kappa shape index (κ3) is 5.40. The molecule has 0 radical (unpaired) electrons. The fourth-order valence-electron chi connectivity index (χ4n) is 3.42. The van der Waals surface area contributed by atoms with Crippen molar-refractivity contribution in [1.82, 2.24) is 0 Å². The van der Waals surface area contributed by atoms with Crippen LogP contribution in [0, 0.1) is 19.7 Å². The maximum absolute atomic E-state index is 13.2. The number of halogens is 3. The monoisotopic (exact) mass is 605 g/mol. The Kier molecular flexibility index (Phi) is 7.38. The lowest BCUT2D eigenvalue weighted by Gasteiger charge is -2.17. The van der Waals surface area contributed by atoms with Crippen LogP contribution in [0.1, 0.15) is 22.3 Å². The van der Waals surface area contributed by atoms with Crippen molar-refractivity contribution < 1.29 is 13.9 Å². The predicted molar refractivity (Wildman–Crippen MR) is 144 cm³/mol. The Morgan fingerprint density at radius 3 is 2.36 bits per heavy atom. The van der Waals surface area contributed by atoms with Gasteiger partial charge < -0.3 is 4.74 Å². The molecular formula is C25H18Br2FNO2S2. The molecule has 0 N–H and O–H groups in total. The van der Waals surface area contributed by atoms with Gasteiger partial charge in [0.2, 0.25) is 0 Å². The Morgan fingerprint density at radius 2 is 1.73 bits per heavy atom. The molecule has 168 valence electrons. The second-order valence-electron chi connectivity index (χ2n) is 7.54. The van der Waals surface area contributed by atoms with Gasteiger partial charge in [0.15, 0.2) is 4.32 Å². The predicted octanol–water partition coefficient (Wildman–Crippen LogP) is 7.95. The first kappa shape index (κ1) is 24.1. The third-order valence-electron chi connectivity index (χ3n) is 5.00. The summed E-state index contributed by atoms with van der Waals surface area (Å²) in [5.41, 5.74) is 4.62. The second-order valence-corrected chi connectivity index (χ2v) is 10.9. The molecule has 3 nitrogen and oxygen atoms in total. The van der Waals surface area contributed by atoms with Crippen LogP contribution >= 0.6 is 55.8 Å². The Morgan fingerprint density at radius 1 is 1.06 bits per heavy atom. The molecule has 0 atom stereocenters. The number of thiocarbonyl (C=S) groups is 1. The molecule has 0 bridgehead atoms. The summed E-state index contributed by atoms with van der Waals surface area (Å²) in [4.78, 5) is 15.3. The van der Waals surface area contributed by atoms with E-state index in [1.807, 2.05) is 50.3 Å². The van der Waals surface area contributed by atoms with Crippen LogP contribution in [0.3, 0.4) is 0 Å². The summed E-state index contributed by atoms with van der Waals surface area (Å²) in [6.45, 7) is 4.29. The standard InChI is InChI=1S/C25H18Br2FNO2S2/c1-14-3-8-21(15(2)9-14)29-24(30)22(33-25(29)32)12-17-10-19(26)23(20(27)11-17)31-13-16-4-6-18(28)7-5-16/h3-12H,13H2,1-2H3/b22-12-. The first-order valence-corrected chi connectivity index (χ1v) is 12.8. The van der Waals surface area contributed by atoms with E-state index in [-0.39, 0.29) is 11.7 Å². The lowest BCUT2D eigenvalue weighted by Crippen LogP contribution is -2.28. The average molecular weight is 607 g/mol. The number of benzene rings is 3. The minimum Gasteiger partial charge on any atom is -0.487 e. The third-order valence-corrected chi connectivity index (χ3v) is 7.48. The topological polar surface area (TPSA) is 29.5 Å². The number of thioether (sulfide) groups is 1. The van der Waals surface area contributed by atoms with E-state index in [9.17, 15) is 9.18 Å². The molecule has 0 aliphatic carbocycles. The van der Waals surface area contributed by atoms with Gasteiger partial charge in [0.25, 0.3) is 5.91 Å². The molecule has 1 heterocycles. The van der Waals surface area contributed by atoms with Crippen molar-refractivity contribution in [2.24, 2.45) is 0 Å². The summed E-state index contributed by atoms with van der Waals surface area (Å²) in [5.74, 6) is 0.202. The molecule has 1 aliphatic heterocycles. The molecule has 1 fully saturated rings. The van der Waals surface area contributed by atoms with Gasteiger partial charge in [0.1, 0.15) is 18.2 Å². The molecule has 3 aromatic rings. The number of ether oxygens (including phenoxy) is 1. The van der Waals surface area contributed by atoms with Gasteiger partial charge in [-0.1, -0.05) is 53.8 Å². The van der Waals surface area contributed by atoms with E-state index < -0.39 is 0 Å². The van der Waals surface area contributed by atoms with Gasteiger partial charge in [0.05, 0.1) is 19.5 Å². The van der Waals surface area contributed by atoms with Crippen molar-refractivity contribution in [1.29, 1.82) is 0 Å². The lowest BCUT2D eigenvalue weighted by molar-refractivity contribution is -0.113. The minimum absolute atomic E-state index is 0.138. The van der Waals surface area contributed by atoms with Gasteiger partial charge in [0, 0.05) is 0 Å². The maximum atomic E-state index is 13.2. The highest BCUT2D eigenvalue weighted by molar-refractivity contribution is 9.11. The first-order valence-electron chi connectivity index (χ1n) is 9.94. The van der Waals surface area contributed by atoms with Crippen LogP contribution in [-0.4, -0.2) is 10.2 Å². The Hall–Kier alpha value is -2.00. The molecule has 0 unspecified atom stereocenters. The molecule has 33 heavy (non-hydrogen) atoms. The van der Waals surface area contributed by atoms with E-state index in [1.165, 1.54) is 23.9 Å². The van der Waals surface area contributed by atoms with Crippen LogP contribution in [0.4, 0.5) is 10.1 Å². The van der Waals surface area contributed by atoms with Crippen molar-refractivity contribution in [3.63, 3.8) is 0 Å². The lowest BCUT2D eigenvalue weighted by atomic mass is 10.1. The highest BCUT2D eigenvalue weighted by atomic mass is 79.9. The van der Waals surface area contributed by atoms with Crippen LogP contribution < -0.4 is 9.64 Å². The molecule has 0 spiro atoms. The highest BCUT2D eigenvalue weighted by Crippen LogP contribution is 2.40. The van der Waals surface area contributed by atoms with Gasteiger partial charge in [-0.15, -0.1) is 0 Å². The molecular weight excluding hydrogens is 589 g/mol. The summed E-state index contributed by atoms with van der Waals surface area (Å²) in [6.07, 6.45) is 1.82. The van der Waals surface area contributed by atoms with Gasteiger partial charge in [-0.3, -0.25) is 9.69 Å². The van der Waals surface area contributed by atoms with Crippen LogP contribution in [0.25, 0.3) is 6.08 Å². The summed E-state index contributed by atoms with van der Waals surface area (Å²) in [7, 11) is 0. The fourth-order valence-corrected chi connectivity index (χ4v) is 6.16. The quantitative estimate of drug-likeness (QED) is 0.218. The summed E-state index contributed by atoms with van der Waals surface area (Å²) in [6, 6.07) is 15.9. The van der Waals surface area contributed by atoms with Crippen molar-refractivity contribution >= 4 is 77.8 Å². The van der Waals surface area contributed by atoms with Gasteiger partial charge in [-0.25, -0.2) is 4.39 Å². The van der Waals surface area contributed by atoms with Crippen LogP contribution in [0.15, 0.2) is 68.4 Å². The van der Waals surface area contributed by atoms with Gasteiger partial charge in [-0.2, -0.15) is 0 Å². The molecule has 0 aromatic heterocycles. The van der Waals surface area contributed by atoms with Crippen molar-refractivity contribution in [3.8, 4) is 5.75 Å². The molecule has 1 saturated heterocycles. The van der Waals surface area contributed by atoms with E-state index >= 15 is 0 Å². The van der Waals surface area contributed by atoms with E-state index in [1.54, 1.807) is 17.0 Å².